The van der Waals surface area contributed by atoms with E-state index in [0.717, 1.165) is 77.4 Å². The predicted molar refractivity (Wildman–Crippen MR) is 167 cm³/mol. The van der Waals surface area contributed by atoms with E-state index in [1.807, 2.05) is 12.1 Å². The molecule has 228 valence electrons. The van der Waals surface area contributed by atoms with Gasteiger partial charge in [0.15, 0.2) is 6.29 Å². The Morgan fingerprint density at radius 1 is 1.07 bits per heavy atom. The molecule has 0 bridgehead atoms. The summed E-state index contributed by atoms with van der Waals surface area (Å²) in [6.45, 7) is 9.36. The Morgan fingerprint density at radius 3 is 2.64 bits per heavy atom. The van der Waals surface area contributed by atoms with E-state index in [2.05, 4.69) is 48.9 Å². The zero-order valence-corrected chi connectivity index (χ0v) is 24.9. The lowest BCUT2D eigenvalue weighted by Gasteiger charge is -2.62. The van der Waals surface area contributed by atoms with Gasteiger partial charge in [-0.3, -0.25) is 14.6 Å². The lowest BCUT2D eigenvalue weighted by molar-refractivity contribution is -0.0380. The van der Waals surface area contributed by atoms with Crippen LogP contribution < -0.4 is 9.64 Å². The van der Waals surface area contributed by atoms with E-state index in [1.165, 1.54) is 36.4 Å². The van der Waals surface area contributed by atoms with Crippen molar-refractivity contribution in [3.05, 3.63) is 83.4 Å². The summed E-state index contributed by atoms with van der Waals surface area (Å²) in [5.41, 5.74) is 5.16. The highest BCUT2D eigenvalue weighted by Crippen LogP contribution is 2.52. The van der Waals surface area contributed by atoms with Crippen molar-refractivity contribution in [2.45, 2.75) is 37.8 Å². The molecule has 0 amide bonds. The summed E-state index contributed by atoms with van der Waals surface area (Å²) in [4.78, 5) is 26.4. The van der Waals surface area contributed by atoms with Crippen LogP contribution in [0.4, 0.5) is 10.1 Å². The lowest BCUT2D eigenvalue weighted by Crippen LogP contribution is -2.68. The Balaban J connectivity index is 0.824. The number of aromatic amines is 1. The minimum Gasteiger partial charge on any atom is -0.455 e. The predicted octanol–water partition coefficient (Wildman–Crippen LogP) is 5.60. The van der Waals surface area contributed by atoms with Gasteiger partial charge in [0.05, 0.1) is 23.8 Å². The van der Waals surface area contributed by atoms with Crippen molar-refractivity contribution in [3.8, 4) is 11.5 Å². The van der Waals surface area contributed by atoms with E-state index < -0.39 is 0 Å². The van der Waals surface area contributed by atoms with Crippen molar-refractivity contribution in [1.29, 1.82) is 0 Å². The molecule has 1 unspecified atom stereocenters. The molecule has 4 aliphatic rings. The van der Waals surface area contributed by atoms with E-state index >= 15 is 0 Å². The van der Waals surface area contributed by atoms with E-state index in [1.54, 1.807) is 12.1 Å². The van der Waals surface area contributed by atoms with E-state index in [9.17, 15) is 9.18 Å². The average molecular weight is 596 g/mol. The van der Waals surface area contributed by atoms with Crippen LogP contribution >= 0.6 is 0 Å². The number of aldehydes is 1. The molecule has 1 N–H and O–H groups in total. The Bertz CT molecular complexity index is 1640. The second-order valence-corrected chi connectivity index (χ2v) is 13.2. The number of halogens is 1. The summed E-state index contributed by atoms with van der Waals surface area (Å²) < 4.78 is 25.6. The quantitative estimate of drug-likeness (QED) is 0.266. The first kappa shape index (κ1) is 27.7. The standard InChI is InChI=1S/C35H38FN5O3/c36-32-18-38-34-31(32)14-30(17-37-34)44-33-13-28(6-5-26(33)20-42)41-22-35(23-41)15-29(16-35)40-10-8-39(9-11-40)19-24-1-3-25(4-2-24)27-7-12-43-21-27/h1-6,13-14,17-18,20,27,29H,7-12,15-16,19,21-23H2,(H,37,38). The van der Waals surface area contributed by atoms with Crippen LogP contribution in [0.2, 0.25) is 0 Å². The maximum atomic E-state index is 14.0. The molecule has 9 heteroatoms. The van der Waals surface area contributed by atoms with Crippen molar-refractivity contribution in [3.63, 3.8) is 0 Å². The van der Waals surface area contributed by atoms with Crippen molar-refractivity contribution < 1.29 is 18.7 Å². The van der Waals surface area contributed by atoms with Gasteiger partial charge in [-0.2, -0.15) is 0 Å². The van der Waals surface area contributed by atoms with Crippen molar-refractivity contribution >= 4 is 23.0 Å². The molecule has 0 radical (unpaired) electrons. The topological polar surface area (TPSA) is 73.9 Å². The third kappa shape index (κ3) is 5.27. The molecular weight excluding hydrogens is 557 g/mol. The van der Waals surface area contributed by atoms with Gasteiger partial charge in [-0.25, -0.2) is 9.37 Å². The number of piperazine rings is 1. The highest BCUT2D eigenvalue weighted by molar-refractivity contribution is 5.82. The Labute approximate surface area is 256 Å². The molecule has 1 aliphatic carbocycles. The van der Waals surface area contributed by atoms with Crippen LogP contribution in [-0.2, 0) is 11.3 Å². The highest BCUT2D eigenvalue weighted by atomic mass is 19.1. The summed E-state index contributed by atoms with van der Waals surface area (Å²) >= 11 is 0. The molecule has 2 aromatic heterocycles. The third-order valence-corrected chi connectivity index (χ3v) is 10.3. The van der Waals surface area contributed by atoms with Gasteiger partial charge in [-0.15, -0.1) is 0 Å². The van der Waals surface area contributed by atoms with Crippen molar-refractivity contribution in [2.75, 3.05) is 57.4 Å². The van der Waals surface area contributed by atoms with Gasteiger partial charge >= 0.3 is 0 Å². The smallest absolute Gasteiger partial charge is 0.153 e. The van der Waals surface area contributed by atoms with Gasteiger partial charge in [0, 0.05) is 87.7 Å². The number of aromatic nitrogens is 2. The lowest BCUT2D eigenvalue weighted by atomic mass is 9.60. The molecule has 1 atom stereocenters. The van der Waals surface area contributed by atoms with Crippen molar-refractivity contribution in [2.24, 2.45) is 5.41 Å². The first-order valence-electron chi connectivity index (χ1n) is 15.8. The number of ether oxygens (including phenoxy) is 2. The number of H-pyrrole nitrogens is 1. The van der Waals surface area contributed by atoms with Crippen LogP contribution in [0.5, 0.6) is 11.5 Å². The van der Waals surface area contributed by atoms with Crippen LogP contribution in [0.1, 0.15) is 46.7 Å². The Morgan fingerprint density at radius 2 is 1.89 bits per heavy atom. The van der Waals surface area contributed by atoms with E-state index in [0.29, 0.717) is 45.5 Å². The fraction of sp³-hybridized carbons (Fsp3) is 0.429. The van der Waals surface area contributed by atoms with Crippen molar-refractivity contribution in [1.82, 2.24) is 19.8 Å². The molecule has 8 nitrogen and oxygen atoms in total. The van der Waals surface area contributed by atoms with Crippen LogP contribution in [0, 0.1) is 11.2 Å². The van der Waals surface area contributed by atoms with Crippen LogP contribution in [0.3, 0.4) is 0 Å². The normalized spacial score (nSPS) is 22.3. The average Bonchev–Trinajstić information content (AvgIpc) is 3.68. The number of rotatable bonds is 8. The molecule has 4 fully saturated rings. The number of benzene rings is 2. The summed E-state index contributed by atoms with van der Waals surface area (Å²) in [5.74, 6) is 1.04. The Kier molecular flexibility index (Phi) is 7.12. The van der Waals surface area contributed by atoms with Crippen LogP contribution in [-0.4, -0.2) is 84.6 Å². The zero-order chi connectivity index (χ0) is 29.7. The molecule has 1 spiro atoms. The molecule has 1 saturated carbocycles. The highest BCUT2D eigenvalue weighted by Gasteiger charge is 2.54. The minimum absolute atomic E-state index is 0.359. The number of hydrogen-bond donors (Lipinski definition) is 1. The molecule has 2 aromatic carbocycles. The van der Waals surface area contributed by atoms with Gasteiger partial charge < -0.3 is 19.4 Å². The molecule has 3 saturated heterocycles. The summed E-state index contributed by atoms with van der Waals surface area (Å²) in [7, 11) is 0. The number of fused-ring (bicyclic) bond motifs is 1. The van der Waals surface area contributed by atoms with Gasteiger partial charge in [0.1, 0.15) is 23.0 Å². The number of carbonyl (C=O) groups excluding carboxylic acids is 1. The largest absolute Gasteiger partial charge is 0.455 e. The number of pyridine rings is 1. The minimum atomic E-state index is -0.384. The second kappa shape index (κ2) is 11.3. The number of hydrogen-bond acceptors (Lipinski definition) is 7. The SMILES string of the molecule is O=Cc1ccc(N2CC3(CC(N4CCN(Cc5ccc(C6CCOC6)cc5)CC4)C3)C2)cc1Oc1cnc2[nH]cc(F)c2c1. The first-order valence-corrected chi connectivity index (χ1v) is 15.8. The number of nitrogens with one attached hydrogen (secondary N) is 1. The molecule has 4 aromatic rings. The first-order chi connectivity index (χ1) is 21.5. The second-order valence-electron chi connectivity index (χ2n) is 13.2. The van der Waals surface area contributed by atoms with E-state index in [-0.39, 0.29) is 5.82 Å². The molecule has 5 heterocycles. The maximum Gasteiger partial charge on any atom is 0.153 e. The van der Waals surface area contributed by atoms with Gasteiger partial charge in [0.2, 0.25) is 0 Å². The van der Waals surface area contributed by atoms with Gasteiger partial charge in [0.25, 0.3) is 0 Å². The molecular formula is C35H38FN5O3. The zero-order valence-electron chi connectivity index (χ0n) is 24.9. The molecule has 8 rings (SSSR count). The van der Waals surface area contributed by atoms with E-state index in [4.69, 9.17) is 9.47 Å². The summed E-state index contributed by atoms with van der Waals surface area (Å²) in [6.07, 6.45) is 7.24. The molecule has 3 aliphatic heterocycles. The Hall–Kier alpha value is -3.79. The third-order valence-electron chi connectivity index (χ3n) is 10.3. The number of anilines is 1. The monoisotopic (exact) mass is 595 g/mol. The summed E-state index contributed by atoms with van der Waals surface area (Å²) in [6, 6.07) is 17.2. The maximum absolute atomic E-state index is 14.0. The molecule has 44 heavy (non-hydrogen) atoms. The number of nitrogens with zero attached hydrogens (tertiary/aromatic N) is 4. The van der Waals surface area contributed by atoms with Gasteiger partial charge in [-0.05, 0) is 48.6 Å². The number of carbonyl (C=O) groups is 1. The van der Waals surface area contributed by atoms with Crippen LogP contribution in [0.25, 0.3) is 11.0 Å². The van der Waals surface area contributed by atoms with Crippen LogP contribution in [0.15, 0.2) is 60.9 Å². The van der Waals surface area contributed by atoms with Gasteiger partial charge in [-0.1, -0.05) is 24.3 Å². The fourth-order valence-electron chi connectivity index (χ4n) is 7.68. The fourth-order valence-corrected chi connectivity index (χ4v) is 7.68. The summed E-state index contributed by atoms with van der Waals surface area (Å²) in [5, 5.41) is 0.359.